The molecule has 1 heterocycles. The molecule has 0 unspecified atom stereocenters. The molecule has 2 N–H and O–H groups in total. The molecule has 0 saturated heterocycles. The average Bonchev–Trinajstić information content (AvgIpc) is 2.49. The smallest absolute Gasteiger partial charge is 0.323 e. The molecule has 100 valence electrons. The summed E-state index contributed by atoms with van der Waals surface area (Å²) in [5.74, 6) is 0.475. The summed E-state index contributed by atoms with van der Waals surface area (Å²) in [4.78, 5) is 15.7. The highest BCUT2D eigenvalue weighted by atomic mass is 16.5. The first-order valence-electron chi connectivity index (χ1n) is 5.79. The van der Waals surface area contributed by atoms with Crippen LogP contribution in [0.2, 0.25) is 0 Å². The van der Waals surface area contributed by atoms with Gasteiger partial charge in [0.1, 0.15) is 0 Å². The molecule has 0 spiro atoms. The molecule has 0 aliphatic rings. The van der Waals surface area contributed by atoms with Gasteiger partial charge in [0, 0.05) is 11.8 Å². The van der Waals surface area contributed by atoms with E-state index in [0.717, 1.165) is 0 Å². The highest BCUT2D eigenvalue weighted by Gasteiger charge is 2.03. The molecule has 1 aromatic heterocycles. The molecular formula is C14H12N4O2. The standard InChI is InChI=1S/C14H12N4O2/c1-20-13-7-6-12(9-16-13)18-14(19)17-11-4-2-10(8-15)3-5-11/h2-7,9H,1H3,(H2,17,18,19). The van der Waals surface area contributed by atoms with Gasteiger partial charge in [0.25, 0.3) is 0 Å². The van der Waals surface area contributed by atoms with Crippen LogP contribution in [0.5, 0.6) is 5.88 Å². The first kappa shape index (κ1) is 13.4. The molecule has 0 bridgehead atoms. The number of anilines is 2. The molecule has 6 heteroatoms. The maximum absolute atomic E-state index is 11.7. The van der Waals surface area contributed by atoms with E-state index < -0.39 is 0 Å². The number of pyridine rings is 1. The van der Waals surface area contributed by atoms with E-state index in [1.807, 2.05) is 6.07 Å². The van der Waals surface area contributed by atoms with Crippen molar-refractivity contribution in [2.24, 2.45) is 0 Å². The number of rotatable bonds is 3. The van der Waals surface area contributed by atoms with Crippen LogP contribution in [-0.4, -0.2) is 18.1 Å². The number of nitriles is 1. The Balaban J connectivity index is 1.95. The van der Waals surface area contributed by atoms with Crippen LogP contribution < -0.4 is 15.4 Å². The van der Waals surface area contributed by atoms with Crippen molar-refractivity contribution in [2.75, 3.05) is 17.7 Å². The fourth-order valence-corrected chi connectivity index (χ4v) is 1.50. The Kier molecular flexibility index (Phi) is 4.14. The lowest BCUT2D eigenvalue weighted by Gasteiger charge is -2.07. The van der Waals surface area contributed by atoms with Crippen LogP contribution >= 0.6 is 0 Å². The van der Waals surface area contributed by atoms with Crippen molar-refractivity contribution in [3.63, 3.8) is 0 Å². The third-order valence-corrected chi connectivity index (χ3v) is 2.48. The Morgan fingerprint density at radius 1 is 1.15 bits per heavy atom. The van der Waals surface area contributed by atoms with Crippen molar-refractivity contribution >= 4 is 17.4 Å². The van der Waals surface area contributed by atoms with Gasteiger partial charge in [-0.15, -0.1) is 0 Å². The van der Waals surface area contributed by atoms with Crippen molar-refractivity contribution in [2.45, 2.75) is 0 Å². The van der Waals surface area contributed by atoms with E-state index in [9.17, 15) is 4.79 Å². The molecule has 2 aromatic rings. The van der Waals surface area contributed by atoms with Gasteiger partial charge in [-0.05, 0) is 30.3 Å². The Morgan fingerprint density at radius 2 is 1.80 bits per heavy atom. The number of aromatic nitrogens is 1. The highest BCUT2D eigenvalue weighted by Crippen LogP contribution is 2.12. The third kappa shape index (κ3) is 3.46. The van der Waals surface area contributed by atoms with Crippen LogP contribution in [0.4, 0.5) is 16.2 Å². The summed E-state index contributed by atoms with van der Waals surface area (Å²) in [6.45, 7) is 0. The minimum Gasteiger partial charge on any atom is -0.481 e. The third-order valence-electron chi connectivity index (χ3n) is 2.48. The number of carbonyl (C=O) groups is 1. The average molecular weight is 268 g/mol. The zero-order valence-electron chi connectivity index (χ0n) is 10.8. The van der Waals surface area contributed by atoms with Crippen LogP contribution in [-0.2, 0) is 0 Å². The van der Waals surface area contributed by atoms with Crippen LogP contribution in [0, 0.1) is 11.3 Å². The number of methoxy groups -OCH3 is 1. The number of nitrogens with zero attached hydrogens (tertiary/aromatic N) is 2. The first-order chi connectivity index (χ1) is 9.71. The lowest BCUT2D eigenvalue weighted by atomic mass is 10.2. The van der Waals surface area contributed by atoms with E-state index in [-0.39, 0.29) is 6.03 Å². The Morgan fingerprint density at radius 3 is 2.35 bits per heavy atom. The minimum atomic E-state index is -0.387. The molecule has 0 aliphatic heterocycles. The second kappa shape index (κ2) is 6.20. The molecule has 0 saturated carbocycles. The van der Waals surface area contributed by atoms with Crippen molar-refractivity contribution in [3.8, 4) is 11.9 Å². The van der Waals surface area contributed by atoms with Gasteiger partial charge >= 0.3 is 6.03 Å². The summed E-state index contributed by atoms with van der Waals surface area (Å²) < 4.78 is 4.93. The lowest BCUT2D eigenvalue weighted by molar-refractivity contribution is 0.262. The number of amides is 2. The second-order valence-electron chi connectivity index (χ2n) is 3.86. The van der Waals surface area contributed by atoms with E-state index in [0.29, 0.717) is 22.8 Å². The molecule has 0 aliphatic carbocycles. The molecule has 6 nitrogen and oxygen atoms in total. The van der Waals surface area contributed by atoms with Crippen molar-refractivity contribution in [1.29, 1.82) is 5.26 Å². The largest absolute Gasteiger partial charge is 0.481 e. The number of nitrogens with one attached hydrogen (secondary N) is 2. The van der Waals surface area contributed by atoms with E-state index in [4.69, 9.17) is 10.00 Å². The summed E-state index contributed by atoms with van der Waals surface area (Å²) >= 11 is 0. The summed E-state index contributed by atoms with van der Waals surface area (Å²) in [6, 6.07) is 11.5. The van der Waals surface area contributed by atoms with Gasteiger partial charge in [-0.1, -0.05) is 0 Å². The maximum atomic E-state index is 11.7. The molecule has 0 radical (unpaired) electrons. The number of benzene rings is 1. The quantitative estimate of drug-likeness (QED) is 0.895. The van der Waals surface area contributed by atoms with Gasteiger partial charge in [-0.2, -0.15) is 5.26 Å². The highest BCUT2D eigenvalue weighted by molar-refractivity contribution is 5.99. The summed E-state index contributed by atoms with van der Waals surface area (Å²) in [7, 11) is 1.52. The molecule has 0 fully saturated rings. The van der Waals surface area contributed by atoms with E-state index >= 15 is 0 Å². The predicted molar refractivity (Wildman–Crippen MR) is 74.6 cm³/mol. The Labute approximate surface area is 116 Å². The topological polar surface area (TPSA) is 87.0 Å². The molecule has 1 aromatic carbocycles. The normalized spacial score (nSPS) is 9.40. The number of hydrogen-bond donors (Lipinski definition) is 2. The van der Waals surface area contributed by atoms with E-state index in [1.165, 1.54) is 13.3 Å². The molecule has 2 rings (SSSR count). The number of carbonyl (C=O) groups excluding carboxylic acids is 1. The molecule has 0 atom stereocenters. The summed E-state index contributed by atoms with van der Waals surface area (Å²) in [5.41, 5.74) is 1.69. The van der Waals surface area contributed by atoms with Crippen LogP contribution in [0.1, 0.15) is 5.56 Å². The SMILES string of the molecule is COc1ccc(NC(=O)Nc2ccc(C#N)cc2)cn1. The zero-order chi connectivity index (χ0) is 14.4. The number of urea groups is 1. The fraction of sp³-hybridized carbons (Fsp3) is 0.0714. The van der Waals surface area contributed by atoms with Crippen LogP contribution in [0.3, 0.4) is 0 Å². The molecule has 20 heavy (non-hydrogen) atoms. The lowest BCUT2D eigenvalue weighted by Crippen LogP contribution is -2.19. The molecular weight excluding hydrogens is 256 g/mol. The predicted octanol–water partition coefficient (Wildman–Crippen LogP) is 2.61. The Bertz CT molecular complexity index is 630. The van der Waals surface area contributed by atoms with Gasteiger partial charge < -0.3 is 15.4 Å². The maximum Gasteiger partial charge on any atom is 0.323 e. The Hall–Kier alpha value is -3.07. The van der Waals surface area contributed by atoms with Crippen molar-refractivity contribution in [1.82, 2.24) is 4.98 Å². The molecule has 2 amide bonds. The van der Waals surface area contributed by atoms with Gasteiger partial charge in [-0.3, -0.25) is 0 Å². The van der Waals surface area contributed by atoms with Crippen molar-refractivity contribution < 1.29 is 9.53 Å². The second-order valence-corrected chi connectivity index (χ2v) is 3.86. The summed E-state index contributed by atoms with van der Waals surface area (Å²) in [5, 5.41) is 14.0. The summed E-state index contributed by atoms with van der Waals surface area (Å²) in [6.07, 6.45) is 1.50. The fourth-order valence-electron chi connectivity index (χ4n) is 1.50. The van der Waals surface area contributed by atoms with Crippen molar-refractivity contribution in [3.05, 3.63) is 48.2 Å². The minimum absolute atomic E-state index is 0.387. The van der Waals surface area contributed by atoms with Crippen LogP contribution in [0.15, 0.2) is 42.6 Å². The first-order valence-corrected chi connectivity index (χ1v) is 5.79. The number of hydrogen-bond acceptors (Lipinski definition) is 4. The van der Waals surface area contributed by atoms with Gasteiger partial charge in [0.05, 0.1) is 30.6 Å². The monoisotopic (exact) mass is 268 g/mol. The van der Waals surface area contributed by atoms with Gasteiger partial charge in [0.2, 0.25) is 5.88 Å². The van der Waals surface area contributed by atoms with Gasteiger partial charge in [-0.25, -0.2) is 9.78 Å². The van der Waals surface area contributed by atoms with Crippen LogP contribution in [0.25, 0.3) is 0 Å². The van der Waals surface area contributed by atoms with E-state index in [2.05, 4.69) is 15.6 Å². The van der Waals surface area contributed by atoms with E-state index in [1.54, 1.807) is 36.4 Å². The number of ether oxygens (including phenoxy) is 1. The zero-order valence-corrected chi connectivity index (χ0v) is 10.8. The van der Waals surface area contributed by atoms with Gasteiger partial charge in [0.15, 0.2) is 0 Å².